The summed E-state index contributed by atoms with van der Waals surface area (Å²) in [6.45, 7) is 0. The summed E-state index contributed by atoms with van der Waals surface area (Å²) in [7, 11) is 0. The van der Waals surface area contributed by atoms with Crippen LogP contribution in [0, 0.1) is 0 Å². The summed E-state index contributed by atoms with van der Waals surface area (Å²) in [6, 6.07) is 91.7. The van der Waals surface area contributed by atoms with Crippen molar-refractivity contribution in [1.82, 2.24) is 4.57 Å². The Bertz CT molecular complexity index is 3900. The lowest BCUT2D eigenvalue weighted by atomic mass is 9.97. The first-order valence-electron chi connectivity index (χ1n) is 22.9. The third-order valence-electron chi connectivity index (χ3n) is 13.4. The fourth-order valence-electron chi connectivity index (χ4n) is 10.2. The number of benzene rings is 11. The van der Waals surface area contributed by atoms with E-state index in [0.717, 1.165) is 61.4 Å². The maximum atomic E-state index is 6.97. The lowest BCUT2D eigenvalue weighted by Crippen LogP contribution is -2.10. The molecule has 0 atom stereocenters. The highest BCUT2D eigenvalue weighted by Crippen LogP contribution is 2.47. The summed E-state index contributed by atoms with van der Waals surface area (Å²) in [5.74, 6) is 0. The first kappa shape index (κ1) is 38.5. The van der Waals surface area contributed by atoms with Crippen LogP contribution in [0.15, 0.2) is 259 Å². The molecule has 0 spiro atoms. The van der Waals surface area contributed by atoms with Crippen molar-refractivity contribution >= 4 is 71.6 Å². The molecule has 0 unspecified atom stereocenters. The Balaban J connectivity index is 0.967. The van der Waals surface area contributed by atoms with E-state index in [1.54, 1.807) is 0 Å². The van der Waals surface area contributed by atoms with Crippen LogP contribution in [-0.2, 0) is 0 Å². The summed E-state index contributed by atoms with van der Waals surface area (Å²) >= 11 is 0. The Morgan fingerprint density at radius 2 is 0.836 bits per heavy atom. The number of hydrogen-bond donors (Lipinski definition) is 0. The van der Waals surface area contributed by atoms with Crippen molar-refractivity contribution in [2.45, 2.75) is 0 Å². The second kappa shape index (κ2) is 16.0. The van der Waals surface area contributed by atoms with Gasteiger partial charge in [0.15, 0.2) is 0 Å². The van der Waals surface area contributed by atoms with Gasteiger partial charge in [-0.05, 0) is 116 Å². The molecule has 3 nitrogen and oxygen atoms in total. The first-order chi connectivity index (χ1) is 33.2. The van der Waals surface area contributed by atoms with Crippen molar-refractivity contribution in [3.05, 3.63) is 255 Å². The molecule has 2 aromatic heterocycles. The van der Waals surface area contributed by atoms with Crippen molar-refractivity contribution in [2.24, 2.45) is 0 Å². The topological polar surface area (TPSA) is 21.3 Å². The molecule has 0 amide bonds. The van der Waals surface area contributed by atoms with Gasteiger partial charge in [-0.2, -0.15) is 0 Å². The van der Waals surface area contributed by atoms with Crippen LogP contribution < -0.4 is 4.90 Å². The summed E-state index contributed by atoms with van der Waals surface area (Å²) in [6.07, 6.45) is 0. The van der Waals surface area contributed by atoms with Crippen molar-refractivity contribution in [2.75, 3.05) is 4.90 Å². The van der Waals surface area contributed by atoms with Gasteiger partial charge in [0.1, 0.15) is 11.2 Å². The maximum Gasteiger partial charge on any atom is 0.145 e. The zero-order chi connectivity index (χ0) is 44.3. The molecule has 0 radical (unpaired) electrons. The van der Waals surface area contributed by atoms with E-state index in [4.69, 9.17) is 4.42 Å². The van der Waals surface area contributed by atoms with E-state index >= 15 is 0 Å². The minimum atomic E-state index is 0.852. The summed E-state index contributed by atoms with van der Waals surface area (Å²) in [5, 5.41) is 7.09. The quantitative estimate of drug-likeness (QED) is 0.152. The second-order valence-corrected chi connectivity index (χ2v) is 17.3. The molecule has 0 saturated heterocycles. The number of hydrogen-bond acceptors (Lipinski definition) is 2. The molecular formula is C64H42N2O. The number of anilines is 3. The maximum absolute atomic E-state index is 6.97. The number of para-hydroxylation sites is 3. The van der Waals surface area contributed by atoms with Gasteiger partial charge in [-0.1, -0.05) is 188 Å². The van der Waals surface area contributed by atoms with Gasteiger partial charge in [-0.15, -0.1) is 0 Å². The standard InChI is InChI=1S/C64H42N2O/c1-2-14-43(15-3-1)44-28-30-45(31-29-44)46-32-36-50(37-33-46)65(51-38-34-48(35-39-51)54-24-13-17-47-16-4-5-20-53(47)54)61-41-40-55(64-63(61)58-23-8-11-27-62(58)67-64)49-18-12-19-52(42-49)66-59-25-9-6-21-56(59)57-22-7-10-26-60(57)66/h1-42H. The fourth-order valence-corrected chi connectivity index (χ4v) is 10.2. The van der Waals surface area contributed by atoms with Crippen LogP contribution in [0.2, 0.25) is 0 Å². The molecule has 13 aromatic rings. The van der Waals surface area contributed by atoms with E-state index < -0.39 is 0 Å². The van der Waals surface area contributed by atoms with E-state index in [9.17, 15) is 0 Å². The van der Waals surface area contributed by atoms with Crippen LogP contribution in [0.4, 0.5) is 17.1 Å². The van der Waals surface area contributed by atoms with Gasteiger partial charge in [0.2, 0.25) is 0 Å². The summed E-state index contributed by atoms with van der Waals surface area (Å²) in [5.41, 5.74) is 17.6. The zero-order valence-corrected chi connectivity index (χ0v) is 36.6. The fraction of sp³-hybridized carbons (Fsp3) is 0. The van der Waals surface area contributed by atoms with Gasteiger partial charge in [0.05, 0.1) is 22.1 Å². The monoisotopic (exact) mass is 854 g/mol. The third-order valence-corrected chi connectivity index (χ3v) is 13.4. The molecule has 0 fully saturated rings. The Hall–Kier alpha value is -8.92. The Labute approximate surface area is 388 Å². The largest absolute Gasteiger partial charge is 0.455 e. The zero-order valence-electron chi connectivity index (χ0n) is 36.6. The minimum Gasteiger partial charge on any atom is -0.455 e. The normalized spacial score (nSPS) is 11.6. The average molecular weight is 855 g/mol. The Kier molecular flexibility index (Phi) is 9.17. The molecule has 2 heterocycles. The summed E-state index contributed by atoms with van der Waals surface area (Å²) in [4.78, 5) is 2.39. The predicted octanol–water partition coefficient (Wildman–Crippen LogP) is 18.0. The van der Waals surface area contributed by atoms with Crippen LogP contribution in [0.1, 0.15) is 0 Å². The molecule has 67 heavy (non-hydrogen) atoms. The van der Waals surface area contributed by atoms with E-state index in [1.165, 1.54) is 60.4 Å². The lowest BCUT2D eigenvalue weighted by molar-refractivity contribution is 0.670. The highest BCUT2D eigenvalue weighted by Gasteiger charge is 2.23. The lowest BCUT2D eigenvalue weighted by Gasteiger charge is -2.27. The van der Waals surface area contributed by atoms with Crippen LogP contribution in [-0.4, -0.2) is 4.57 Å². The van der Waals surface area contributed by atoms with Crippen molar-refractivity contribution in [3.63, 3.8) is 0 Å². The van der Waals surface area contributed by atoms with Gasteiger partial charge in [0.25, 0.3) is 0 Å². The van der Waals surface area contributed by atoms with E-state index in [2.05, 4.69) is 264 Å². The minimum absolute atomic E-state index is 0.852. The molecule has 3 heteroatoms. The molecule has 0 aliphatic heterocycles. The molecule has 0 aliphatic carbocycles. The number of rotatable bonds is 8. The molecule has 0 saturated carbocycles. The van der Waals surface area contributed by atoms with E-state index in [-0.39, 0.29) is 0 Å². The molecule has 11 aromatic carbocycles. The van der Waals surface area contributed by atoms with Crippen molar-refractivity contribution in [1.29, 1.82) is 0 Å². The smallest absolute Gasteiger partial charge is 0.145 e. The van der Waals surface area contributed by atoms with Crippen molar-refractivity contribution < 1.29 is 4.42 Å². The average Bonchev–Trinajstić information content (AvgIpc) is 3.96. The molecule has 13 rings (SSSR count). The first-order valence-corrected chi connectivity index (χ1v) is 22.9. The van der Waals surface area contributed by atoms with Crippen LogP contribution in [0.25, 0.3) is 105 Å². The van der Waals surface area contributed by atoms with Gasteiger partial charge >= 0.3 is 0 Å². The van der Waals surface area contributed by atoms with Gasteiger partial charge in [-0.3, -0.25) is 0 Å². The highest BCUT2D eigenvalue weighted by atomic mass is 16.3. The van der Waals surface area contributed by atoms with Gasteiger partial charge < -0.3 is 13.9 Å². The summed E-state index contributed by atoms with van der Waals surface area (Å²) < 4.78 is 9.35. The van der Waals surface area contributed by atoms with Crippen LogP contribution in [0.5, 0.6) is 0 Å². The van der Waals surface area contributed by atoms with E-state index in [1.807, 2.05) is 0 Å². The van der Waals surface area contributed by atoms with Crippen LogP contribution in [0.3, 0.4) is 0 Å². The number of furan rings is 1. The second-order valence-electron chi connectivity index (χ2n) is 17.3. The number of fused-ring (bicyclic) bond motifs is 7. The third kappa shape index (κ3) is 6.59. The molecule has 0 N–H and O–H groups in total. The Morgan fingerprint density at radius 1 is 0.328 bits per heavy atom. The van der Waals surface area contributed by atoms with Gasteiger partial charge in [0, 0.05) is 38.8 Å². The Morgan fingerprint density at radius 3 is 1.52 bits per heavy atom. The van der Waals surface area contributed by atoms with Gasteiger partial charge in [-0.25, -0.2) is 0 Å². The predicted molar refractivity (Wildman–Crippen MR) is 282 cm³/mol. The SMILES string of the molecule is c1ccc(-c2ccc(-c3ccc(N(c4ccc(-c5cccc6ccccc56)cc4)c4ccc(-c5cccc(-n6c7ccccc7c7ccccc76)c5)c5oc6ccccc6c45)cc3)cc2)cc1. The molecule has 314 valence electrons. The molecule has 0 aliphatic rings. The van der Waals surface area contributed by atoms with Crippen molar-refractivity contribution in [3.8, 4) is 50.2 Å². The van der Waals surface area contributed by atoms with E-state index in [0.29, 0.717) is 0 Å². The highest BCUT2D eigenvalue weighted by molar-refractivity contribution is 6.17. The molecular weight excluding hydrogens is 813 g/mol. The number of nitrogens with zero attached hydrogens (tertiary/aromatic N) is 2. The number of aromatic nitrogens is 1. The van der Waals surface area contributed by atoms with Crippen LogP contribution >= 0.6 is 0 Å². The molecule has 0 bridgehead atoms.